The molecule has 0 spiro atoms. The first-order valence-corrected chi connectivity index (χ1v) is 6.67. The normalized spacial score (nSPS) is 33.5. The summed E-state index contributed by atoms with van der Waals surface area (Å²) in [6.45, 7) is 1.56. The number of hydrogen-bond acceptors (Lipinski definition) is 5. The highest BCUT2D eigenvalue weighted by Crippen LogP contribution is 2.42. The second kappa shape index (κ2) is 3.84. The molecule has 3 N–H and O–H groups in total. The Morgan fingerprint density at radius 2 is 2.20 bits per heavy atom. The number of carbonyl (C=O) groups excluding carboxylic acids is 1. The molecular formula is C9H17NO4S. The lowest BCUT2D eigenvalue weighted by atomic mass is 9.71. The molecule has 1 aliphatic heterocycles. The highest BCUT2D eigenvalue weighted by atomic mass is 32.2. The van der Waals surface area contributed by atoms with Gasteiger partial charge < -0.3 is 15.6 Å². The van der Waals surface area contributed by atoms with E-state index in [0.717, 1.165) is 0 Å². The van der Waals surface area contributed by atoms with Gasteiger partial charge in [0.05, 0.1) is 17.1 Å². The third-order valence-corrected chi connectivity index (χ3v) is 5.22. The van der Waals surface area contributed by atoms with Crippen molar-refractivity contribution in [3.63, 3.8) is 0 Å². The first kappa shape index (κ1) is 12.6. The molecule has 15 heavy (non-hydrogen) atoms. The molecule has 88 valence electrons. The average molecular weight is 235 g/mol. The van der Waals surface area contributed by atoms with E-state index in [9.17, 15) is 18.3 Å². The molecule has 0 saturated carbocycles. The molecule has 0 aromatic carbocycles. The van der Waals surface area contributed by atoms with Crippen LogP contribution in [0.3, 0.4) is 0 Å². The van der Waals surface area contributed by atoms with Crippen molar-refractivity contribution in [2.75, 3.05) is 18.1 Å². The molecule has 0 amide bonds. The largest absolute Gasteiger partial charge is 0.389 e. The Hall–Kier alpha value is -0.460. The standard InChI is InChI=1S/C9H17NO4S/c1-8(12,2-4-11)9(6-10)3-5-15(13,14)7-9/h4,12H,2-3,5-7,10H2,1H3. The maximum absolute atomic E-state index is 11.4. The quantitative estimate of drug-likeness (QED) is 0.615. The van der Waals surface area contributed by atoms with Crippen LogP contribution in [0.2, 0.25) is 0 Å². The first-order chi connectivity index (χ1) is 6.79. The van der Waals surface area contributed by atoms with Crippen LogP contribution in [0, 0.1) is 5.41 Å². The Morgan fingerprint density at radius 3 is 2.53 bits per heavy atom. The lowest BCUT2D eigenvalue weighted by Gasteiger charge is -2.40. The number of aldehydes is 1. The summed E-state index contributed by atoms with van der Waals surface area (Å²) >= 11 is 0. The third kappa shape index (κ3) is 2.21. The molecule has 0 aliphatic carbocycles. The Balaban J connectivity index is 3.02. The van der Waals surface area contributed by atoms with E-state index in [1.807, 2.05) is 0 Å². The zero-order valence-corrected chi connectivity index (χ0v) is 9.59. The number of hydrogen-bond donors (Lipinski definition) is 2. The molecule has 1 aliphatic rings. The second-order valence-electron chi connectivity index (χ2n) is 4.47. The molecule has 0 aromatic heterocycles. The van der Waals surface area contributed by atoms with E-state index in [-0.39, 0.29) is 24.5 Å². The van der Waals surface area contributed by atoms with Crippen molar-refractivity contribution in [3.8, 4) is 0 Å². The fourth-order valence-corrected chi connectivity index (χ4v) is 4.36. The third-order valence-electron chi connectivity index (χ3n) is 3.40. The lowest BCUT2D eigenvalue weighted by molar-refractivity contribution is -0.118. The minimum Gasteiger partial charge on any atom is -0.389 e. The Kier molecular flexibility index (Phi) is 3.23. The van der Waals surface area contributed by atoms with Gasteiger partial charge in [0.1, 0.15) is 6.29 Å². The first-order valence-electron chi connectivity index (χ1n) is 4.85. The SMILES string of the molecule is CC(O)(CC=O)C1(CN)CCS(=O)(=O)C1. The van der Waals surface area contributed by atoms with Crippen LogP contribution in [0.25, 0.3) is 0 Å². The van der Waals surface area contributed by atoms with Gasteiger partial charge in [-0.1, -0.05) is 0 Å². The van der Waals surface area contributed by atoms with Crippen molar-refractivity contribution in [1.29, 1.82) is 0 Å². The van der Waals surface area contributed by atoms with Gasteiger partial charge in [0.2, 0.25) is 0 Å². The Labute approximate surface area is 89.6 Å². The van der Waals surface area contributed by atoms with E-state index < -0.39 is 20.9 Å². The maximum Gasteiger partial charge on any atom is 0.151 e. The molecule has 1 heterocycles. The molecule has 2 unspecified atom stereocenters. The van der Waals surface area contributed by atoms with Crippen molar-refractivity contribution in [2.24, 2.45) is 11.1 Å². The highest BCUT2D eigenvalue weighted by molar-refractivity contribution is 7.91. The minimum absolute atomic E-state index is 0.0409. The zero-order valence-electron chi connectivity index (χ0n) is 8.77. The van der Waals surface area contributed by atoms with Crippen molar-refractivity contribution in [2.45, 2.75) is 25.4 Å². The van der Waals surface area contributed by atoms with Crippen molar-refractivity contribution in [1.82, 2.24) is 0 Å². The van der Waals surface area contributed by atoms with E-state index in [1.54, 1.807) is 0 Å². The molecule has 0 aromatic rings. The van der Waals surface area contributed by atoms with Crippen molar-refractivity contribution >= 4 is 16.1 Å². The number of aliphatic hydroxyl groups is 1. The van der Waals surface area contributed by atoms with Crippen LogP contribution in [0.4, 0.5) is 0 Å². The monoisotopic (exact) mass is 235 g/mol. The summed E-state index contributed by atoms with van der Waals surface area (Å²) in [6, 6.07) is 0. The van der Waals surface area contributed by atoms with Gasteiger partial charge >= 0.3 is 0 Å². The van der Waals surface area contributed by atoms with E-state index in [0.29, 0.717) is 12.7 Å². The second-order valence-corrected chi connectivity index (χ2v) is 6.66. The topological polar surface area (TPSA) is 97.5 Å². The summed E-state index contributed by atoms with van der Waals surface area (Å²) in [5.41, 5.74) is 3.36. The molecule has 5 nitrogen and oxygen atoms in total. The van der Waals surface area contributed by atoms with E-state index in [1.165, 1.54) is 6.92 Å². The van der Waals surface area contributed by atoms with Gasteiger partial charge in [-0.3, -0.25) is 0 Å². The van der Waals surface area contributed by atoms with Gasteiger partial charge in [-0.05, 0) is 13.3 Å². The molecule has 1 rings (SSSR count). The maximum atomic E-state index is 11.4. The highest BCUT2D eigenvalue weighted by Gasteiger charge is 2.52. The van der Waals surface area contributed by atoms with Gasteiger partial charge in [-0.15, -0.1) is 0 Å². The van der Waals surface area contributed by atoms with Crippen LogP contribution in [0.5, 0.6) is 0 Å². The van der Waals surface area contributed by atoms with Gasteiger partial charge in [-0.2, -0.15) is 0 Å². The summed E-state index contributed by atoms with van der Waals surface area (Å²) in [7, 11) is -3.12. The molecule has 0 radical (unpaired) electrons. The molecule has 1 fully saturated rings. The molecular weight excluding hydrogens is 218 g/mol. The predicted octanol–water partition coefficient (Wildman–Crippen LogP) is -0.910. The van der Waals surface area contributed by atoms with Crippen molar-refractivity contribution < 1.29 is 18.3 Å². The fourth-order valence-electron chi connectivity index (χ4n) is 2.10. The molecule has 0 bridgehead atoms. The number of carbonyl (C=O) groups is 1. The van der Waals surface area contributed by atoms with Gasteiger partial charge in [0.15, 0.2) is 9.84 Å². The summed E-state index contributed by atoms with van der Waals surface area (Å²) in [5, 5.41) is 10.1. The average Bonchev–Trinajstić information content (AvgIpc) is 2.43. The molecule has 2 atom stereocenters. The van der Waals surface area contributed by atoms with Crippen LogP contribution in [0.1, 0.15) is 19.8 Å². The summed E-state index contributed by atoms with van der Waals surface area (Å²) in [4.78, 5) is 10.4. The smallest absolute Gasteiger partial charge is 0.151 e. The summed E-state index contributed by atoms with van der Waals surface area (Å²) in [5.74, 6) is -0.0868. The number of rotatable bonds is 4. The Morgan fingerprint density at radius 1 is 1.60 bits per heavy atom. The molecule has 1 saturated heterocycles. The van der Waals surface area contributed by atoms with Crippen LogP contribution in [-0.4, -0.2) is 43.5 Å². The zero-order chi connectivity index (χ0) is 11.7. The van der Waals surface area contributed by atoms with Gasteiger partial charge in [0.25, 0.3) is 0 Å². The van der Waals surface area contributed by atoms with Crippen LogP contribution >= 0.6 is 0 Å². The number of sulfone groups is 1. The minimum atomic E-state index is -3.12. The number of nitrogens with two attached hydrogens (primary N) is 1. The van der Waals surface area contributed by atoms with E-state index >= 15 is 0 Å². The predicted molar refractivity (Wildman–Crippen MR) is 56.1 cm³/mol. The van der Waals surface area contributed by atoms with Crippen LogP contribution < -0.4 is 5.73 Å². The fraction of sp³-hybridized carbons (Fsp3) is 0.889. The van der Waals surface area contributed by atoms with Crippen LogP contribution in [-0.2, 0) is 14.6 Å². The summed E-state index contributed by atoms with van der Waals surface area (Å²) in [6.07, 6.45) is 0.842. The van der Waals surface area contributed by atoms with Crippen LogP contribution in [0.15, 0.2) is 0 Å². The van der Waals surface area contributed by atoms with Gasteiger partial charge in [-0.25, -0.2) is 8.42 Å². The van der Waals surface area contributed by atoms with E-state index in [2.05, 4.69) is 0 Å². The summed E-state index contributed by atoms with van der Waals surface area (Å²) < 4.78 is 22.8. The lowest BCUT2D eigenvalue weighted by Crippen LogP contribution is -2.51. The molecule has 6 heteroatoms. The van der Waals surface area contributed by atoms with Crippen molar-refractivity contribution in [3.05, 3.63) is 0 Å². The van der Waals surface area contributed by atoms with E-state index in [4.69, 9.17) is 5.73 Å². The Bertz CT molecular complexity index is 349. The van der Waals surface area contributed by atoms with Gasteiger partial charge in [0, 0.05) is 18.4 Å².